The fourth-order valence-corrected chi connectivity index (χ4v) is 3.66. The van der Waals surface area contributed by atoms with Crippen LogP contribution in [0.3, 0.4) is 0 Å². The van der Waals surface area contributed by atoms with Gasteiger partial charge >= 0.3 is 0 Å². The standard InChI is InChI=1S/C22H19N3S/c1-25(2)19-13-7-16(8-14-19)15-23-18-11-9-17(10-12-18)22-24-20-5-3-4-6-21(20)26-22/h3-15H,1-2H3. The second-order valence-corrected chi connectivity index (χ2v) is 7.31. The molecule has 0 aliphatic heterocycles. The maximum atomic E-state index is 4.70. The number of nitrogens with zero attached hydrogens (tertiary/aromatic N) is 3. The third kappa shape index (κ3) is 3.51. The molecule has 0 radical (unpaired) electrons. The first-order valence-electron chi connectivity index (χ1n) is 8.46. The van der Waals surface area contributed by atoms with E-state index in [0.29, 0.717) is 0 Å². The lowest BCUT2D eigenvalue weighted by Gasteiger charge is -2.11. The first-order valence-corrected chi connectivity index (χ1v) is 9.28. The molecular weight excluding hydrogens is 338 g/mol. The van der Waals surface area contributed by atoms with E-state index in [1.54, 1.807) is 11.3 Å². The Morgan fingerprint density at radius 1 is 0.885 bits per heavy atom. The summed E-state index contributed by atoms with van der Waals surface area (Å²) in [7, 11) is 4.08. The lowest BCUT2D eigenvalue weighted by molar-refractivity contribution is 1.13. The summed E-state index contributed by atoms with van der Waals surface area (Å²) < 4.78 is 1.21. The van der Waals surface area contributed by atoms with Crippen LogP contribution in [-0.2, 0) is 0 Å². The Hall–Kier alpha value is -2.98. The number of thiazole rings is 1. The van der Waals surface area contributed by atoms with E-state index in [1.807, 2.05) is 44.6 Å². The highest BCUT2D eigenvalue weighted by atomic mass is 32.1. The third-order valence-corrected chi connectivity index (χ3v) is 5.27. The van der Waals surface area contributed by atoms with E-state index >= 15 is 0 Å². The van der Waals surface area contributed by atoms with Crippen LogP contribution in [0.2, 0.25) is 0 Å². The van der Waals surface area contributed by atoms with Gasteiger partial charge in [0.25, 0.3) is 0 Å². The number of aliphatic imine (C=N–C) groups is 1. The van der Waals surface area contributed by atoms with Crippen molar-refractivity contribution in [3.63, 3.8) is 0 Å². The minimum absolute atomic E-state index is 0.937. The summed E-state index contributed by atoms with van der Waals surface area (Å²) in [6.45, 7) is 0. The van der Waals surface area contributed by atoms with Crippen molar-refractivity contribution in [3.05, 3.63) is 78.4 Å². The first kappa shape index (κ1) is 16.5. The van der Waals surface area contributed by atoms with Crippen molar-refractivity contribution in [3.8, 4) is 10.6 Å². The van der Waals surface area contributed by atoms with E-state index in [4.69, 9.17) is 4.98 Å². The SMILES string of the molecule is CN(C)c1ccc(C=Nc2ccc(-c3nc4ccccc4s3)cc2)cc1. The van der Waals surface area contributed by atoms with Crippen LogP contribution >= 0.6 is 11.3 Å². The summed E-state index contributed by atoms with van der Waals surface area (Å²) in [6, 6.07) is 24.8. The molecule has 0 bridgehead atoms. The molecule has 0 aliphatic carbocycles. The van der Waals surface area contributed by atoms with Crippen LogP contribution in [-0.4, -0.2) is 25.3 Å². The normalized spacial score (nSPS) is 11.3. The van der Waals surface area contributed by atoms with Gasteiger partial charge in [-0.25, -0.2) is 4.98 Å². The smallest absolute Gasteiger partial charge is 0.124 e. The van der Waals surface area contributed by atoms with E-state index in [9.17, 15) is 0 Å². The largest absolute Gasteiger partial charge is 0.378 e. The lowest BCUT2D eigenvalue weighted by Crippen LogP contribution is -2.08. The van der Waals surface area contributed by atoms with Crippen molar-refractivity contribution < 1.29 is 0 Å². The van der Waals surface area contributed by atoms with Gasteiger partial charge in [-0.05, 0) is 54.1 Å². The number of benzene rings is 3. The van der Waals surface area contributed by atoms with E-state index in [1.165, 1.54) is 10.4 Å². The Labute approximate surface area is 157 Å². The number of anilines is 1. The van der Waals surface area contributed by atoms with E-state index < -0.39 is 0 Å². The predicted octanol–water partition coefficient (Wildman–Crippen LogP) is 5.78. The van der Waals surface area contributed by atoms with Crippen LogP contribution in [0.4, 0.5) is 11.4 Å². The van der Waals surface area contributed by atoms with Gasteiger partial charge < -0.3 is 4.90 Å². The van der Waals surface area contributed by atoms with Crippen molar-refractivity contribution in [1.82, 2.24) is 4.98 Å². The molecule has 26 heavy (non-hydrogen) atoms. The van der Waals surface area contributed by atoms with Gasteiger partial charge in [-0.2, -0.15) is 0 Å². The molecule has 0 aliphatic rings. The number of para-hydroxylation sites is 1. The average Bonchev–Trinajstić information content (AvgIpc) is 3.11. The van der Waals surface area contributed by atoms with Crippen molar-refractivity contribution in [2.45, 2.75) is 0 Å². The predicted molar refractivity (Wildman–Crippen MR) is 113 cm³/mol. The minimum atomic E-state index is 0.937. The number of hydrogen-bond donors (Lipinski definition) is 0. The maximum absolute atomic E-state index is 4.70. The molecule has 1 aromatic heterocycles. The van der Waals surface area contributed by atoms with Gasteiger partial charge in [-0.15, -0.1) is 11.3 Å². The van der Waals surface area contributed by atoms with Gasteiger partial charge in [-0.1, -0.05) is 24.3 Å². The molecule has 4 rings (SSSR count). The molecule has 4 aromatic rings. The fourth-order valence-electron chi connectivity index (χ4n) is 2.69. The molecule has 0 fully saturated rings. The molecular formula is C22H19N3S. The maximum Gasteiger partial charge on any atom is 0.124 e. The topological polar surface area (TPSA) is 28.5 Å². The highest BCUT2D eigenvalue weighted by Gasteiger charge is 2.05. The minimum Gasteiger partial charge on any atom is -0.378 e. The Morgan fingerprint density at radius 3 is 2.31 bits per heavy atom. The highest BCUT2D eigenvalue weighted by molar-refractivity contribution is 7.21. The van der Waals surface area contributed by atoms with Gasteiger partial charge in [0.2, 0.25) is 0 Å². The van der Waals surface area contributed by atoms with Crippen LogP contribution in [0.5, 0.6) is 0 Å². The molecule has 0 spiro atoms. The number of rotatable bonds is 4. The number of aromatic nitrogens is 1. The average molecular weight is 357 g/mol. The molecule has 128 valence electrons. The third-order valence-electron chi connectivity index (χ3n) is 4.18. The Morgan fingerprint density at radius 2 is 1.62 bits per heavy atom. The monoisotopic (exact) mass is 357 g/mol. The Bertz CT molecular complexity index is 1010. The molecule has 3 nitrogen and oxygen atoms in total. The molecule has 0 atom stereocenters. The molecule has 1 heterocycles. The van der Waals surface area contributed by atoms with Crippen molar-refractivity contribution >= 4 is 39.1 Å². The van der Waals surface area contributed by atoms with Crippen LogP contribution in [0.25, 0.3) is 20.8 Å². The molecule has 4 heteroatoms. The molecule has 0 saturated heterocycles. The Kier molecular flexibility index (Phi) is 4.50. The highest BCUT2D eigenvalue weighted by Crippen LogP contribution is 2.30. The van der Waals surface area contributed by atoms with Crippen molar-refractivity contribution in [1.29, 1.82) is 0 Å². The summed E-state index contributed by atoms with van der Waals surface area (Å²) in [4.78, 5) is 11.4. The van der Waals surface area contributed by atoms with Gasteiger partial charge in [0.1, 0.15) is 5.01 Å². The van der Waals surface area contributed by atoms with Crippen molar-refractivity contribution in [2.24, 2.45) is 4.99 Å². The van der Waals surface area contributed by atoms with Gasteiger partial charge in [0.15, 0.2) is 0 Å². The summed E-state index contributed by atoms with van der Waals surface area (Å²) in [5.41, 5.74) is 5.39. The van der Waals surface area contributed by atoms with Crippen molar-refractivity contribution in [2.75, 3.05) is 19.0 Å². The van der Waals surface area contributed by atoms with E-state index in [2.05, 4.69) is 58.4 Å². The van der Waals surface area contributed by atoms with Gasteiger partial charge in [-0.3, -0.25) is 4.99 Å². The van der Waals surface area contributed by atoms with E-state index in [0.717, 1.165) is 27.3 Å². The molecule has 0 amide bonds. The quantitative estimate of drug-likeness (QED) is 0.433. The zero-order valence-corrected chi connectivity index (χ0v) is 15.6. The van der Waals surface area contributed by atoms with Gasteiger partial charge in [0.05, 0.1) is 15.9 Å². The second-order valence-electron chi connectivity index (χ2n) is 6.28. The molecule has 0 unspecified atom stereocenters. The summed E-state index contributed by atoms with van der Waals surface area (Å²) in [5, 5.41) is 1.04. The Balaban J connectivity index is 1.52. The zero-order valence-electron chi connectivity index (χ0n) is 14.8. The molecule has 0 saturated carbocycles. The fraction of sp³-hybridized carbons (Fsp3) is 0.0909. The lowest BCUT2D eigenvalue weighted by atomic mass is 10.2. The summed E-state index contributed by atoms with van der Waals surface area (Å²) >= 11 is 1.72. The van der Waals surface area contributed by atoms with Gasteiger partial charge in [0, 0.05) is 31.6 Å². The van der Waals surface area contributed by atoms with Crippen LogP contribution in [0.1, 0.15) is 5.56 Å². The molecule has 3 aromatic carbocycles. The summed E-state index contributed by atoms with van der Waals surface area (Å²) in [5.74, 6) is 0. The number of fused-ring (bicyclic) bond motifs is 1. The van der Waals surface area contributed by atoms with E-state index in [-0.39, 0.29) is 0 Å². The summed E-state index contributed by atoms with van der Waals surface area (Å²) in [6.07, 6.45) is 1.89. The second kappa shape index (κ2) is 7.10. The van der Waals surface area contributed by atoms with Crippen LogP contribution in [0, 0.1) is 0 Å². The zero-order chi connectivity index (χ0) is 17.9. The molecule has 0 N–H and O–H groups in total. The van der Waals surface area contributed by atoms with Crippen LogP contribution < -0.4 is 4.90 Å². The number of hydrogen-bond acceptors (Lipinski definition) is 4. The van der Waals surface area contributed by atoms with Crippen LogP contribution in [0.15, 0.2) is 77.8 Å². The first-order chi connectivity index (χ1) is 12.7.